The Morgan fingerprint density at radius 2 is 1.87 bits per heavy atom. The molecular formula is C24H43N5O2. The lowest BCUT2D eigenvalue weighted by Crippen LogP contribution is -2.55. The van der Waals surface area contributed by atoms with Crippen molar-refractivity contribution in [1.29, 1.82) is 0 Å². The normalized spacial score (nSPS) is 16.9. The molecule has 7 heteroatoms. The zero-order valence-corrected chi connectivity index (χ0v) is 20.4. The van der Waals surface area contributed by atoms with Crippen molar-refractivity contribution in [2.45, 2.75) is 39.7 Å². The van der Waals surface area contributed by atoms with E-state index in [0.29, 0.717) is 18.6 Å². The molecule has 1 aromatic rings. The Morgan fingerprint density at radius 1 is 1.13 bits per heavy atom. The van der Waals surface area contributed by atoms with Crippen LogP contribution in [0, 0.1) is 5.92 Å². The van der Waals surface area contributed by atoms with Gasteiger partial charge >= 0.3 is 0 Å². The molecule has 1 unspecified atom stereocenters. The number of aryl methyl sites for hydroxylation is 1. The number of likely N-dealkylation sites (N-methyl/N-ethyl adjacent to an activating group) is 1. The first-order valence-electron chi connectivity index (χ1n) is 11.6. The van der Waals surface area contributed by atoms with Gasteiger partial charge in [-0.3, -0.25) is 9.89 Å². The van der Waals surface area contributed by atoms with E-state index in [4.69, 9.17) is 9.47 Å². The van der Waals surface area contributed by atoms with Crippen molar-refractivity contribution in [3.8, 4) is 11.5 Å². The van der Waals surface area contributed by atoms with Crippen LogP contribution in [-0.4, -0.2) is 88.9 Å². The Bertz CT molecular complexity index is 672. The smallest absolute Gasteiger partial charge is 0.191 e. The van der Waals surface area contributed by atoms with Gasteiger partial charge in [-0.1, -0.05) is 19.9 Å². The van der Waals surface area contributed by atoms with Gasteiger partial charge in [0.2, 0.25) is 0 Å². The van der Waals surface area contributed by atoms with Gasteiger partial charge in [0, 0.05) is 52.4 Å². The number of hydrogen-bond acceptors (Lipinski definition) is 5. The Balaban J connectivity index is 1.77. The van der Waals surface area contributed by atoms with Crippen LogP contribution in [0.2, 0.25) is 0 Å². The van der Waals surface area contributed by atoms with Crippen LogP contribution in [0.4, 0.5) is 0 Å². The monoisotopic (exact) mass is 433 g/mol. The molecule has 0 spiro atoms. The molecule has 31 heavy (non-hydrogen) atoms. The fraction of sp³-hybridized carbons (Fsp3) is 0.708. The standard InChI is InChI=1S/C24H43N5O2/c1-7-31-23-17-20(10-11-22(23)30-6)9-8-12-26-24(25-4)27-18-21(19(2)3)29-15-13-28(5)14-16-29/h10-11,17,19,21H,7-9,12-16,18H2,1-6H3,(H2,25,26,27). The topological polar surface area (TPSA) is 61.4 Å². The van der Waals surface area contributed by atoms with E-state index in [1.165, 1.54) is 5.56 Å². The molecule has 2 rings (SSSR count). The van der Waals surface area contributed by atoms with E-state index in [2.05, 4.69) is 58.5 Å². The Morgan fingerprint density at radius 3 is 2.48 bits per heavy atom. The summed E-state index contributed by atoms with van der Waals surface area (Å²) in [5.41, 5.74) is 1.25. The number of nitrogens with zero attached hydrogens (tertiary/aromatic N) is 3. The Hall–Kier alpha value is -1.99. The number of rotatable bonds is 11. The summed E-state index contributed by atoms with van der Waals surface area (Å²) in [6.45, 7) is 13.6. The molecule has 0 bridgehead atoms. The first-order chi connectivity index (χ1) is 15.0. The van der Waals surface area contributed by atoms with Crippen LogP contribution in [0.25, 0.3) is 0 Å². The molecule has 2 N–H and O–H groups in total. The molecule has 0 radical (unpaired) electrons. The maximum atomic E-state index is 5.68. The van der Waals surface area contributed by atoms with Gasteiger partial charge in [0.15, 0.2) is 17.5 Å². The van der Waals surface area contributed by atoms with Crippen LogP contribution in [-0.2, 0) is 6.42 Å². The van der Waals surface area contributed by atoms with E-state index < -0.39 is 0 Å². The maximum absolute atomic E-state index is 5.68. The average molecular weight is 434 g/mol. The van der Waals surface area contributed by atoms with Gasteiger partial charge in [0.25, 0.3) is 0 Å². The number of benzene rings is 1. The molecular weight excluding hydrogens is 390 g/mol. The van der Waals surface area contributed by atoms with Crippen LogP contribution in [0.5, 0.6) is 11.5 Å². The third kappa shape index (κ3) is 8.22. The number of hydrogen-bond donors (Lipinski definition) is 2. The number of aliphatic imine (C=N–C) groups is 1. The van der Waals surface area contributed by atoms with Crippen molar-refractivity contribution in [2.24, 2.45) is 10.9 Å². The third-order valence-electron chi connectivity index (χ3n) is 5.94. The second kappa shape index (κ2) is 13.4. The second-order valence-corrected chi connectivity index (χ2v) is 8.55. The van der Waals surface area contributed by atoms with Crippen molar-refractivity contribution >= 4 is 5.96 Å². The number of guanidine groups is 1. The highest BCUT2D eigenvalue weighted by atomic mass is 16.5. The van der Waals surface area contributed by atoms with Gasteiger partial charge in [-0.2, -0.15) is 0 Å². The largest absolute Gasteiger partial charge is 0.493 e. The molecule has 1 aromatic carbocycles. The molecule has 1 fully saturated rings. The van der Waals surface area contributed by atoms with Crippen LogP contribution < -0.4 is 20.1 Å². The molecule has 0 aromatic heterocycles. The van der Waals surface area contributed by atoms with E-state index in [1.807, 2.05) is 20.0 Å². The van der Waals surface area contributed by atoms with Gasteiger partial charge in [-0.25, -0.2) is 0 Å². The molecule has 1 aliphatic heterocycles. The van der Waals surface area contributed by atoms with Crippen molar-refractivity contribution in [2.75, 3.05) is 67.1 Å². The van der Waals surface area contributed by atoms with E-state index in [-0.39, 0.29) is 0 Å². The number of piperazine rings is 1. The lowest BCUT2D eigenvalue weighted by atomic mass is 10.0. The van der Waals surface area contributed by atoms with E-state index >= 15 is 0 Å². The molecule has 1 saturated heterocycles. The van der Waals surface area contributed by atoms with Crippen LogP contribution in [0.1, 0.15) is 32.8 Å². The summed E-state index contributed by atoms with van der Waals surface area (Å²) >= 11 is 0. The minimum absolute atomic E-state index is 0.517. The molecule has 1 heterocycles. The molecule has 0 saturated carbocycles. The first kappa shape index (κ1) is 25.3. The molecule has 0 aliphatic carbocycles. The molecule has 7 nitrogen and oxygen atoms in total. The van der Waals surface area contributed by atoms with Gasteiger partial charge < -0.3 is 25.0 Å². The van der Waals surface area contributed by atoms with Gasteiger partial charge in [-0.15, -0.1) is 0 Å². The number of nitrogens with one attached hydrogen (secondary N) is 2. The first-order valence-corrected chi connectivity index (χ1v) is 11.6. The summed E-state index contributed by atoms with van der Waals surface area (Å²) in [4.78, 5) is 9.43. The van der Waals surface area contributed by atoms with Gasteiger partial charge in [-0.05, 0) is 50.4 Å². The van der Waals surface area contributed by atoms with Crippen molar-refractivity contribution < 1.29 is 9.47 Å². The third-order valence-corrected chi connectivity index (χ3v) is 5.94. The van der Waals surface area contributed by atoms with Crippen molar-refractivity contribution in [1.82, 2.24) is 20.4 Å². The minimum atomic E-state index is 0.517. The lowest BCUT2D eigenvalue weighted by molar-refractivity contribution is 0.0900. The Labute approximate surface area is 189 Å². The SMILES string of the molecule is CCOc1cc(CCCNC(=NC)NCC(C(C)C)N2CCN(C)CC2)ccc1OC. The van der Waals surface area contributed by atoms with E-state index in [9.17, 15) is 0 Å². The highest BCUT2D eigenvalue weighted by Gasteiger charge is 2.25. The summed E-state index contributed by atoms with van der Waals surface area (Å²) < 4.78 is 11.1. The van der Waals surface area contributed by atoms with Crippen LogP contribution in [0.15, 0.2) is 23.2 Å². The van der Waals surface area contributed by atoms with Gasteiger partial charge in [0.05, 0.1) is 13.7 Å². The number of ether oxygens (including phenoxy) is 2. The molecule has 0 amide bonds. The summed E-state index contributed by atoms with van der Waals surface area (Å²) in [7, 11) is 5.72. The summed E-state index contributed by atoms with van der Waals surface area (Å²) in [6, 6.07) is 6.69. The van der Waals surface area contributed by atoms with Crippen molar-refractivity contribution in [3.05, 3.63) is 23.8 Å². The van der Waals surface area contributed by atoms with E-state index in [1.54, 1.807) is 7.11 Å². The fourth-order valence-electron chi connectivity index (χ4n) is 4.01. The summed E-state index contributed by atoms with van der Waals surface area (Å²) in [6.07, 6.45) is 1.99. The predicted molar refractivity (Wildman–Crippen MR) is 130 cm³/mol. The molecule has 1 atom stereocenters. The number of methoxy groups -OCH3 is 1. The zero-order valence-electron chi connectivity index (χ0n) is 20.4. The molecule has 1 aliphatic rings. The maximum Gasteiger partial charge on any atom is 0.191 e. The quantitative estimate of drug-likeness (QED) is 0.318. The second-order valence-electron chi connectivity index (χ2n) is 8.55. The predicted octanol–water partition coefficient (Wildman–Crippen LogP) is 2.46. The minimum Gasteiger partial charge on any atom is -0.493 e. The molecule has 176 valence electrons. The summed E-state index contributed by atoms with van der Waals surface area (Å²) in [5.74, 6) is 3.08. The highest BCUT2D eigenvalue weighted by molar-refractivity contribution is 5.79. The highest BCUT2D eigenvalue weighted by Crippen LogP contribution is 2.28. The fourth-order valence-corrected chi connectivity index (χ4v) is 4.01. The Kier molecular flexibility index (Phi) is 10.9. The lowest BCUT2D eigenvalue weighted by Gasteiger charge is -2.40. The van der Waals surface area contributed by atoms with Crippen LogP contribution >= 0.6 is 0 Å². The van der Waals surface area contributed by atoms with E-state index in [0.717, 1.165) is 69.6 Å². The summed E-state index contributed by atoms with van der Waals surface area (Å²) in [5, 5.41) is 7.01. The van der Waals surface area contributed by atoms with Crippen molar-refractivity contribution in [3.63, 3.8) is 0 Å². The van der Waals surface area contributed by atoms with Crippen LogP contribution in [0.3, 0.4) is 0 Å². The average Bonchev–Trinajstić information content (AvgIpc) is 2.76. The zero-order chi connectivity index (χ0) is 22.6. The van der Waals surface area contributed by atoms with Gasteiger partial charge in [0.1, 0.15) is 0 Å².